The van der Waals surface area contributed by atoms with E-state index in [4.69, 9.17) is 0 Å². The molecule has 4 heteroatoms. The average Bonchev–Trinajstić information content (AvgIpc) is 2.51. The molecule has 1 saturated carbocycles. The first-order valence-electron chi connectivity index (χ1n) is 7.54. The molecule has 0 bridgehead atoms. The fourth-order valence-corrected chi connectivity index (χ4v) is 2.82. The van der Waals surface area contributed by atoms with Gasteiger partial charge in [0.25, 0.3) is 0 Å². The van der Waals surface area contributed by atoms with Crippen LogP contribution in [0, 0.1) is 5.82 Å². The van der Waals surface area contributed by atoms with E-state index < -0.39 is 0 Å². The summed E-state index contributed by atoms with van der Waals surface area (Å²) in [5.41, 5.74) is 1.78. The molecular weight excluding hydrogens is 279 g/mol. The standard InChI is InChI=1S/C18H19FN2O/c19-16-9-7-14(8-10-16)13-20-17(22)21-18(11-4-12-18)15-5-2-1-3-6-15/h1-3,5-10H,4,11-13H2,(H2,20,21,22). The molecule has 0 saturated heterocycles. The van der Waals surface area contributed by atoms with Gasteiger partial charge in [-0.25, -0.2) is 9.18 Å². The Bertz CT molecular complexity index is 636. The monoisotopic (exact) mass is 298 g/mol. The van der Waals surface area contributed by atoms with Crippen LogP contribution >= 0.6 is 0 Å². The summed E-state index contributed by atoms with van der Waals surface area (Å²) in [6.45, 7) is 0.386. The van der Waals surface area contributed by atoms with Crippen LogP contribution in [0.25, 0.3) is 0 Å². The molecular formula is C18H19FN2O. The first-order valence-corrected chi connectivity index (χ1v) is 7.54. The van der Waals surface area contributed by atoms with Gasteiger partial charge < -0.3 is 10.6 Å². The number of carbonyl (C=O) groups excluding carboxylic acids is 1. The van der Waals surface area contributed by atoms with Crippen LogP contribution < -0.4 is 10.6 Å². The maximum absolute atomic E-state index is 12.8. The third-order valence-corrected chi connectivity index (χ3v) is 4.25. The van der Waals surface area contributed by atoms with E-state index in [1.807, 2.05) is 18.2 Å². The normalized spacial score (nSPS) is 15.7. The Hall–Kier alpha value is -2.36. The van der Waals surface area contributed by atoms with Gasteiger partial charge in [0.1, 0.15) is 5.82 Å². The predicted octanol–water partition coefficient (Wildman–Crippen LogP) is 3.70. The molecule has 1 fully saturated rings. The van der Waals surface area contributed by atoms with Crippen molar-refractivity contribution in [3.05, 3.63) is 71.5 Å². The van der Waals surface area contributed by atoms with Crippen molar-refractivity contribution in [1.82, 2.24) is 10.6 Å². The van der Waals surface area contributed by atoms with Crippen LogP contribution in [0.5, 0.6) is 0 Å². The number of amides is 2. The zero-order valence-electron chi connectivity index (χ0n) is 12.3. The number of benzene rings is 2. The minimum atomic E-state index is -0.272. The summed E-state index contributed by atoms with van der Waals surface area (Å²) in [7, 11) is 0. The molecule has 22 heavy (non-hydrogen) atoms. The number of urea groups is 1. The van der Waals surface area contributed by atoms with Gasteiger partial charge in [0.15, 0.2) is 0 Å². The zero-order chi connectivity index (χ0) is 15.4. The molecule has 114 valence electrons. The molecule has 1 aliphatic carbocycles. The highest BCUT2D eigenvalue weighted by atomic mass is 19.1. The van der Waals surface area contributed by atoms with Gasteiger partial charge in [-0.3, -0.25) is 0 Å². The first-order chi connectivity index (χ1) is 10.7. The average molecular weight is 298 g/mol. The van der Waals surface area contributed by atoms with E-state index >= 15 is 0 Å². The number of hydrogen-bond acceptors (Lipinski definition) is 1. The summed E-state index contributed by atoms with van der Waals surface area (Å²) in [5.74, 6) is -0.272. The Morgan fingerprint density at radius 1 is 1.05 bits per heavy atom. The molecule has 0 aromatic heterocycles. The van der Waals surface area contributed by atoms with Gasteiger partial charge in [-0.2, -0.15) is 0 Å². The van der Waals surface area contributed by atoms with Crippen molar-refractivity contribution in [3.63, 3.8) is 0 Å². The maximum Gasteiger partial charge on any atom is 0.315 e. The van der Waals surface area contributed by atoms with Gasteiger partial charge in [0.2, 0.25) is 0 Å². The van der Waals surface area contributed by atoms with Crippen LogP contribution in [0.15, 0.2) is 54.6 Å². The van der Waals surface area contributed by atoms with Gasteiger partial charge in [-0.15, -0.1) is 0 Å². The summed E-state index contributed by atoms with van der Waals surface area (Å²) in [6, 6.07) is 16.0. The third kappa shape index (κ3) is 3.11. The highest BCUT2D eigenvalue weighted by Crippen LogP contribution is 2.40. The molecule has 0 atom stereocenters. The second kappa shape index (κ2) is 6.18. The molecule has 0 heterocycles. The van der Waals surface area contributed by atoms with E-state index in [0.29, 0.717) is 6.54 Å². The van der Waals surface area contributed by atoms with Gasteiger partial charge in [-0.1, -0.05) is 42.5 Å². The lowest BCUT2D eigenvalue weighted by Gasteiger charge is -2.43. The molecule has 3 rings (SSSR count). The van der Waals surface area contributed by atoms with Crippen molar-refractivity contribution in [1.29, 1.82) is 0 Å². The zero-order valence-corrected chi connectivity index (χ0v) is 12.3. The third-order valence-electron chi connectivity index (χ3n) is 4.25. The van der Waals surface area contributed by atoms with Gasteiger partial charge in [0.05, 0.1) is 5.54 Å². The first kappa shape index (κ1) is 14.6. The Kier molecular flexibility index (Phi) is 4.09. The molecule has 2 aromatic carbocycles. The van der Waals surface area contributed by atoms with Gasteiger partial charge >= 0.3 is 6.03 Å². The molecule has 3 nitrogen and oxygen atoms in total. The van der Waals surface area contributed by atoms with Crippen LogP contribution in [-0.4, -0.2) is 6.03 Å². The minimum Gasteiger partial charge on any atom is -0.334 e. The van der Waals surface area contributed by atoms with Crippen LogP contribution in [-0.2, 0) is 12.1 Å². The quantitative estimate of drug-likeness (QED) is 0.887. The number of nitrogens with one attached hydrogen (secondary N) is 2. The van der Waals surface area contributed by atoms with Crippen molar-refractivity contribution in [2.75, 3.05) is 0 Å². The van der Waals surface area contributed by atoms with Crippen molar-refractivity contribution in [2.24, 2.45) is 0 Å². The van der Waals surface area contributed by atoms with Gasteiger partial charge in [0, 0.05) is 6.54 Å². The van der Waals surface area contributed by atoms with Crippen molar-refractivity contribution in [3.8, 4) is 0 Å². The lowest BCUT2D eigenvalue weighted by molar-refractivity contribution is 0.177. The lowest BCUT2D eigenvalue weighted by Crippen LogP contribution is -2.53. The number of hydrogen-bond donors (Lipinski definition) is 2. The Morgan fingerprint density at radius 2 is 1.73 bits per heavy atom. The topological polar surface area (TPSA) is 41.1 Å². The van der Waals surface area contributed by atoms with Crippen molar-refractivity contribution >= 4 is 6.03 Å². The van der Waals surface area contributed by atoms with Crippen LogP contribution in [0.3, 0.4) is 0 Å². The summed E-state index contributed by atoms with van der Waals surface area (Å²) < 4.78 is 12.8. The highest BCUT2D eigenvalue weighted by molar-refractivity contribution is 5.75. The molecule has 2 N–H and O–H groups in total. The van der Waals surface area contributed by atoms with E-state index in [1.165, 1.54) is 12.1 Å². The number of carbonyl (C=O) groups is 1. The predicted molar refractivity (Wildman–Crippen MR) is 83.7 cm³/mol. The Morgan fingerprint density at radius 3 is 2.32 bits per heavy atom. The molecule has 1 aliphatic rings. The SMILES string of the molecule is O=C(NCc1ccc(F)cc1)NC1(c2ccccc2)CCC1. The number of halogens is 1. The second-order valence-corrected chi connectivity index (χ2v) is 5.74. The van der Waals surface area contributed by atoms with E-state index in [-0.39, 0.29) is 17.4 Å². The largest absolute Gasteiger partial charge is 0.334 e. The lowest BCUT2D eigenvalue weighted by atomic mass is 9.72. The second-order valence-electron chi connectivity index (χ2n) is 5.74. The van der Waals surface area contributed by atoms with Crippen molar-refractivity contribution < 1.29 is 9.18 Å². The van der Waals surface area contributed by atoms with Crippen LogP contribution in [0.4, 0.5) is 9.18 Å². The smallest absolute Gasteiger partial charge is 0.315 e. The molecule has 0 unspecified atom stereocenters. The maximum atomic E-state index is 12.8. The van der Waals surface area contributed by atoms with Crippen molar-refractivity contribution in [2.45, 2.75) is 31.3 Å². The Balaban J connectivity index is 1.60. The van der Waals surface area contributed by atoms with E-state index in [2.05, 4.69) is 22.8 Å². The minimum absolute atomic E-state index is 0.187. The summed E-state index contributed by atoms with van der Waals surface area (Å²) in [5, 5.41) is 5.94. The van der Waals surface area contributed by atoms with Gasteiger partial charge in [-0.05, 0) is 42.5 Å². The van der Waals surface area contributed by atoms with E-state index in [9.17, 15) is 9.18 Å². The fourth-order valence-electron chi connectivity index (χ4n) is 2.82. The molecule has 2 amide bonds. The fraction of sp³-hybridized carbons (Fsp3) is 0.278. The van der Waals surface area contributed by atoms with E-state index in [1.54, 1.807) is 12.1 Å². The molecule has 0 aliphatic heterocycles. The summed E-state index contributed by atoms with van der Waals surface area (Å²) in [6.07, 6.45) is 3.04. The van der Waals surface area contributed by atoms with Crippen LogP contribution in [0.1, 0.15) is 30.4 Å². The number of rotatable bonds is 4. The molecule has 0 spiro atoms. The summed E-state index contributed by atoms with van der Waals surface area (Å²) in [4.78, 5) is 12.2. The summed E-state index contributed by atoms with van der Waals surface area (Å²) >= 11 is 0. The molecule has 0 radical (unpaired) electrons. The highest BCUT2D eigenvalue weighted by Gasteiger charge is 2.39. The Labute approximate surface area is 129 Å². The van der Waals surface area contributed by atoms with E-state index in [0.717, 1.165) is 30.4 Å². The van der Waals surface area contributed by atoms with Crippen LogP contribution in [0.2, 0.25) is 0 Å². The molecule has 2 aromatic rings.